The molecule has 0 N–H and O–H groups in total. The third-order valence-corrected chi connectivity index (χ3v) is 8.80. The molecule has 41 heavy (non-hydrogen) atoms. The molecule has 0 unspecified atom stereocenters. The summed E-state index contributed by atoms with van der Waals surface area (Å²) in [6, 6.07) is 18.0. The van der Waals surface area contributed by atoms with Crippen molar-refractivity contribution in [1.29, 1.82) is 5.26 Å². The van der Waals surface area contributed by atoms with Crippen LogP contribution in [-0.4, -0.2) is 50.4 Å². The number of ether oxygens (including phenoxy) is 3. The van der Waals surface area contributed by atoms with Gasteiger partial charge >= 0.3 is 0 Å². The van der Waals surface area contributed by atoms with Crippen molar-refractivity contribution in [2.75, 3.05) is 13.2 Å². The van der Waals surface area contributed by atoms with Gasteiger partial charge < -0.3 is 14.2 Å². The van der Waals surface area contributed by atoms with E-state index >= 15 is 0 Å². The Balaban J connectivity index is 1.21. The van der Waals surface area contributed by atoms with Crippen molar-refractivity contribution in [2.24, 2.45) is 0 Å². The third kappa shape index (κ3) is 4.56. The minimum Gasteiger partial charge on any atom is -0.376 e. The summed E-state index contributed by atoms with van der Waals surface area (Å²) < 4.78 is 21.9. The van der Waals surface area contributed by atoms with Crippen molar-refractivity contribution >= 4 is 5.78 Å². The quantitative estimate of drug-likeness (QED) is 0.345. The Morgan fingerprint density at radius 3 is 2.49 bits per heavy atom. The maximum Gasteiger partial charge on any atom is 0.259 e. The minimum absolute atomic E-state index is 0.00679. The molecule has 3 aliphatic rings. The second-order valence-electron chi connectivity index (χ2n) is 11.3. The molecule has 4 aromatic rings. The van der Waals surface area contributed by atoms with Gasteiger partial charge in [-0.2, -0.15) is 15.3 Å². The van der Waals surface area contributed by atoms with Crippen LogP contribution in [0.5, 0.6) is 0 Å². The molecule has 0 radical (unpaired) electrons. The van der Waals surface area contributed by atoms with Gasteiger partial charge in [-0.25, -0.2) is 4.52 Å². The number of aryl methyl sites for hydroxylation is 1. The van der Waals surface area contributed by atoms with Crippen LogP contribution in [0.1, 0.15) is 67.5 Å². The molecule has 210 valence electrons. The van der Waals surface area contributed by atoms with E-state index in [1.165, 1.54) is 0 Å². The second kappa shape index (κ2) is 10.5. The van der Waals surface area contributed by atoms with E-state index < -0.39 is 5.79 Å². The fourth-order valence-corrected chi connectivity index (χ4v) is 6.77. The van der Waals surface area contributed by atoms with Gasteiger partial charge in [0.25, 0.3) is 5.56 Å². The van der Waals surface area contributed by atoms with Gasteiger partial charge in [0.05, 0.1) is 30.5 Å². The van der Waals surface area contributed by atoms with E-state index in [1.807, 2.05) is 57.6 Å². The molecule has 7 rings (SSSR count). The highest BCUT2D eigenvalue weighted by Gasteiger charge is 2.51. The average Bonchev–Trinajstić information content (AvgIpc) is 3.73. The Bertz CT molecular complexity index is 1660. The van der Waals surface area contributed by atoms with E-state index in [0.29, 0.717) is 31.0 Å². The fourth-order valence-electron chi connectivity index (χ4n) is 6.77. The Morgan fingerprint density at radius 1 is 1.05 bits per heavy atom. The first-order valence-corrected chi connectivity index (χ1v) is 14.6. The largest absolute Gasteiger partial charge is 0.376 e. The van der Waals surface area contributed by atoms with E-state index in [4.69, 9.17) is 14.2 Å². The number of rotatable bonds is 6. The maximum atomic E-state index is 14.3. The van der Waals surface area contributed by atoms with Crippen molar-refractivity contribution in [3.8, 4) is 17.2 Å². The third-order valence-electron chi connectivity index (χ3n) is 8.80. The summed E-state index contributed by atoms with van der Waals surface area (Å²) in [5, 5.41) is 14.1. The maximum absolute atomic E-state index is 14.3. The molecule has 3 fully saturated rings. The Hall–Kier alpha value is -3.84. The lowest BCUT2D eigenvalue weighted by Crippen LogP contribution is -2.40. The molecule has 0 amide bonds. The van der Waals surface area contributed by atoms with Gasteiger partial charge in [-0.15, -0.1) is 0 Å². The van der Waals surface area contributed by atoms with E-state index in [2.05, 4.69) is 23.1 Å². The van der Waals surface area contributed by atoms with E-state index in [9.17, 15) is 10.1 Å². The molecule has 2 aromatic heterocycles. The summed E-state index contributed by atoms with van der Waals surface area (Å²) >= 11 is 0. The predicted molar refractivity (Wildman–Crippen MR) is 151 cm³/mol. The summed E-state index contributed by atoms with van der Waals surface area (Å²) in [4.78, 5) is 18.8. The minimum atomic E-state index is -0.569. The van der Waals surface area contributed by atoms with E-state index in [1.54, 1.807) is 6.33 Å². The normalized spacial score (nSPS) is 25.5. The number of hydrogen-bond acceptors (Lipinski definition) is 7. The summed E-state index contributed by atoms with van der Waals surface area (Å²) in [6.45, 7) is 3.29. The number of nitriles is 1. The van der Waals surface area contributed by atoms with E-state index in [-0.39, 0.29) is 23.8 Å². The molecule has 2 aliphatic heterocycles. The number of nitrogens with zero attached hydrogens (tertiary/aromatic N) is 5. The Kier molecular flexibility index (Phi) is 6.70. The molecular weight excluding hydrogens is 518 g/mol. The van der Waals surface area contributed by atoms with Crippen molar-refractivity contribution in [3.63, 3.8) is 0 Å². The molecule has 1 saturated carbocycles. The first-order valence-electron chi connectivity index (χ1n) is 14.6. The highest BCUT2D eigenvalue weighted by Crippen LogP contribution is 2.45. The van der Waals surface area contributed by atoms with Gasteiger partial charge in [0.15, 0.2) is 5.79 Å². The molecule has 4 heterocycles. The predicted octanol–water partition coefficient (Wildman–Crippen LogP) is 4.60. The van der Waals surface area contributed by atoms with Crippen LogP contribution in [0.2, 0.25) is 0 Å². The summed E-state index contributed by atoms with van der Waals surface area (Å²) in [7, 11) is 0. The highest BCUT2D eigenvalue weighted by molar-refractivity contribution is 5.70. The van der Waals surface area contributed by atoms with Crippen LogP contribution in [0.4, 0.5) is 0 Å². The van der Waals surface area contributed by atoms with Crippen LogP contribution in [0, 0.1) is 11.3 Å². The van der Waals surface area contributed by atoms with Gasteiger partial charge in [0.1, 0.15) is 18.5 Å². The van der Waals surface area contributed by atoms with E-state index in [0.717, 1.165) is 66.5 Å². The smallest absolute Gasteiger partial charge is 0.259 e. The second-order valence-corrected chi connectivity index (χ2v) is 11.3. The monoisotopic (exact) mass is 551 g/mol. The van der Waals surface area contributed by atoms with Crippen molar-refractivity contribution in [1.82, 2.24) is 19.2 Å². The lowest BCUT2D eigenvalue weighted by atomic mass is 9.89. The zero-order valence-corrected chi connectivity index (χ0v) is 23.2. The molecule has 0 bridgehead atoms. The average molecular weight is 552 g/mol. The van der Waals surface area contributed by atoms with Crippen LogP contribution in [0.15, 0.2) is 59.7 Å². The summed E-state index contributed by atoms with van der Waals surface area (Å²) in [5.41, 5.74) is 5.25. The van der Waals surface area contributed by atoms with Gasteiger partial charge in [-0.3, -0.25) is 9.36 Å². The Labute approximate surface area is 238 Å². The lowest BCUT2D eigenvalue weighted by Gasteiger charge is -2.37. The van der Waals surface area contributed by atoms with Crippen LogP contribution >= 0.6 is 0 Å². The van der Waals surface area contributed by atoms with Gasteiger partial charge in [0, 0.05) is 30.9 Å². The standard InChI is InChI=1S/C32H33N5O4/c1-2-5-27-26(16-21-8-10-22(11-9-21)25-7-4-3-6-23(25)17-33)30(38)36(31-34-20-35-37(27)31)24-12-14-32(15-13-24)40-28-18-39-19-29(28)41-32/h3-4,6-11,20,24,28-29H,2,5,12-16,18-19H2,1H3/t24?,28-,29+,32?. The van der Waals surface area contributed by atoms with Crippen molar-refractivity contribution in [3.05, 3.63) is 87.6 Å². The van der Waals surface area contributed by atoms with Crippen LogP contribution in [0.25, 0.3) is 16.9 Å². The molecule has 2 aromatic carbocycles. The molecule has 9 nitrogen and oxygen atoms in total. The fraction of sp³-hybridized carbons (Fsp3) is 0.438. The zero-order valence-electron chi connectivity index (χ0n) is 23.2. The Morgan fingerprint density at radius 2 is 1.78 bits per heavy atom. The van der Waals surface area contributed by atoms with Gasteiger partial charge in [0.2, 0.25) is 5.78 Å². The molecule has 1 spiro atoms. The van der Waals surface area contributed by atoms with Gasteiger partial charge in [-0.05, 0) is 42.0 Å². The summed E-state index contributed by atoms with van der Waals surface area (Å²) in [6.07, 6.45) is 6.69. The summed E-state index contributed by atoms with van der Waals surface area (Å²) in [5.74, 6) is 0.0326. The molecular formula is C32H33N5O4. The zero-order chi connectivity index (χ0) is 28.0. The molecule has 2 atom stereocenters. The number of benzene rings is 2. The van der Waals surface area contributed by atoms with Crippen LogP contribution in [0.3, 0.4) is 0 Å². The number of fused-ring (bicyclic) bond motifs is 2. The topological polar surface area (TPSA) is 104 Å². The van der Waals surface area contributed by atoms with Crippen LogP contribution in [-0.2, 0) is 27.1 Å². The number of hydrogen-bond donors (Lipinski definition) is 0. The molecule has 2 saturated heterocycles. The highest BCUT2D eigenvalue weighted by atomic mass is 16.8. The lowest BCUT2D eigenvalue weighted by molar-refractivity contribution is -0.211. The molecule has 9 heteroatoms. The van der Waals surface area contributed by atoms with Crippen LogP contribution < -0.4 is 5.56 Å². The van der Waals surface area contributed by atoms with Gasteiger partial charge in [-0.1, -0.05) is 55.8 Å². The number of aromatic nitrogens is 4. The van der Waals surface area contributed by atoms with Crippen molar-refractivity contribution < 1.29 is 14.2 Å². The first kappa shape index (κ1) is 26.1. The van der Waals surface area contributed by atoms with Crippen molar-refractivity contribution in [2.45, 2.75) is 75.9 Å². The molecule has 1 aliphatic carbocycles. The SMILES string of the molecule is CCCc1c(Cc2ccc(-c3ccccc3C#N)cc2)c(=O)n(C2CCC3(CC2)O[C@H]2COC[C@H]2O3)c2ncnn12. The first-order chi connectivity index (χ1) is 20.1.